The Hall–Kier alpha value is -2.47. The van der Waals surface area contributed by atoms with Gasteiger partial charge in [-0.05, 0) is 18.1 Å². The van der Waals surface area contributed by atoms with Gasteiger partial charge in [-0.3, -0.25) is 9.69 Å². The topological polar surface area (TPSA) is 61.4 Å². The summed E-state index contributed by atoms with van der Waals surface area (Å²) >= 11 is 0. The summed E-state index contributed by atoms with van der Waals surface area (Å²) in [6.07, 6.45) is 5.52. The second kappa shape index (κ2) is 9.29. The fraction of sp³-hybridized carbons (Fsp3) is 0.450. The number of piperazine rings is 1. The number of hydrogen-bond donors (Lipinski definition) is 1. The predicted octanol–water partition coefficient (Wildman–Crippen LogP) is 2.26. The van der Waals surface area contributed by atoms with Crippen LogP contribution in [-0.4, -0.2) is 53.5 Å². The monoisotopic (exact) mass is 353 g/mol. The zero-order valence-corrected chi connectivity index (χ0v) is 15.3. The van der Waals surface area contributed by atoms with Crippen LogP contribution in [-0.2, 0) is 4.79 Å². The third-order valence-electron chi connectivity index (χ3n) is 4.69. The first-order valence-electron chi connectivity index (χ1n) is 9.35. The summed E-state index contributed by atoms with van der Waals surface area (Å²) in [4.78, 5) is 25.5. The highest BCUT2D eigenvalue weighted by atomic mass is 16.2. The fourth-order valence-corrected chi connectivity index (χ4v) is 3.30. The van der Waals surface area contributed by atoms with E-state index in [1.54, 1.807) is 12.4 Å². The molecule has 0 radical (unpaired) electrons. The van der Waals surface area contributed by atoms with E-state index in [1.807, 2.05) is 24.3 Å². The van der Waals surface area contributed by atoms with E-state index >= 15 is 0 Å². The second-order valence-electron chi connectivity index (χ2n) is 6.63. The molecular formula is C20H27N5O. The maximum Gasteiger partial charge on any atom is 0.234 e. The molecule has 138 valence electrons. The number of carbonyl (C=O) groups is 1. The van der Waals surface area contributed by atoms with Gasteiger partial charge in [-0.2, -0.15) is 0 Å². The van der Waals surface area contributed by atoms with Gasteiger partial charge >= 0.3 is 0 Å². The summed E-state index contributed by atoms with van der Waals surface area (Å²) in [6, 6.07) is 12.1. The van der Waals surface area contributed by atoms with Gasteiger partial charge in [0.15, 0.2) is 0 Å². The molecule has 1 aliphatic rings. The lowest BCUT2D eigenvalue weighted by Gasteiger charge is -2.34. The van der Waals surface area contributed by atoms with E-state index in [0.717, 1.165) is 45.0 Å². The Morgan fingerprint density at radius 3 is 2.42 bits per heavy atom. The van der Waals surface area contributed by atoms with Crippen LogP contribution in [0.1, 0.15) is 31.4 Å². The minimum Gasteiger partial charge on any atom is -0.348 e. The molecule has 1 atom stereocenters. The van der Waals surface area contributed by atoms with Crippen molar-refractivity contribution in [2.45, 2.75) is 25.8 Å². The van der Waals surface area contributed by atoms with Gasteiger partial charge in [-0.1, -0.05) is 43.7 Å². The summed E-state index contributed by atoms with van der Waals surface area (Å²) in [7, 11) is 0. The molecule has 1 fully saturated rings. The van der Waals surface area contributed by atoms with Crippen LogP contribution < -0.4 is 10.2 Å². The quantitative estimate of drug-likeness (QED) is 0.827. The highest BCUT2D eigenvalue weighted by Crippen LogP contribution is 2.18. The van der Waals surface area contributed by atoms with E-state index in [-0.39, 0.29) is 11.9 Å². The number of nitrogens with zero attached hydrogens (tertiary/aromatic N) is 4. The van der Waals surface area contributed by atoms with E-state index in [4.69, 9.17) is 0 Å². The Balaban J connectivity index is 1.49. The molecular weight excluding hydrogens is 326 g/mol. The Morgan fingerprint density at radius 2 is 1.77 bits per heavy atom. The summed E-state index contributed by atoms with van der Waals surface area (Å²) in [5.41, 5.74) is 1.17. The minimum absolute atomic E-state index is 0.0905. The molecule has 1 aromatic heterocycles. The third-order valence-corrected chi connectivity index (χ3v) is 4.69. The summed E-state index contributed by atoms with van der Waals surface area (Å²) in [6.45, 7) is 5.96. The Morgan fingerprint density at radius 1 is 1.08 bits per heavy atom. The van der Waals surface area contributed by atoms with Gasteiger partial charge in [0.05, 0.1) is 12.6 Å². The Bertz CT molecular complexity index is 671. The number of carbonyl (C=O) groups excluding carboxylic acids is 1. The first-order chi connectivity index (χ1) is 12.8. The van der Waals surface area contributed by atoms with Crippen LogP contribution in [0.25, 0.3) is 0 Å². The second-order valence-corrected chi connectivity index (χ2v) is 6.63. The lowest BCUT2D eigenvalue weighted by atomic mass is 10.0. The van der Waals surface area contributed by atoms with Gasteiger partial charge in [-0.25, -0.2) is 9.97 Å². The number of benzene rings is 1. The van der Waals surface area contributed by atoms with Crippen LogP contribution in [0, 0.1) is 0 Å². The zero-order chi connectivity index (χ0) is 18.2. The molecule has 0 unspecified atom stereocenters. The van der Waals surface area contributed by atoms with Crippen LogP contribution in [0.2, 0.25) is 0 Å². The molecule has 2 aromatic rings. The first-order valence-corrected chi connectivity index (χ1v) is 9.35. The predicted molar refractivity (Wildman–Crippen MR) is 103 cm³/mol. The van der Waals surface area contributed by atoms with E-state index in [9.17, 15) is 4.79 Å². The molecule has 1 aromatic carbocycles. The molecule has 1 N–H and O–H groups in total. The van der Waals surface area contributed by atoms with Gasteiger partial charge in [0.1, 0.15) is 0 Å². The van der Waals surface area contributed by atoms with Crippen LogP contribution in [0.15, 0.2) is 48.8 Å². The molecule has 6 nitrogen and oxygen atoms in total. The highest BCUT2D eigenvalue weighted by molar-refractivity contribution is 5.78. The van der Waals surface area contributed by atoms with Crippen LogP contribution in [0.3, 0.4) is 0 Å². The first kappa shape index (κ1) is 18.3. The van der Waals surface area contributed by atoms with Crippen molar-refractivity contribution in [3.8, 4) is 0 Å². The summed E-state index contributed by atoms with van der Waals surface area (Å²) in [5, 5.41) is 3.21. The van der Waals surface area contributed by atoms with Crippen molar-refractivity contribution in [3.05, 3.63) is 54.4 Å². The molecule has 1 saturated heterocycles. The summed E-state index contributed by atoms with van der Waals surface area (Å²) < 4.78 is 0. The molecule has 0 saturated carbocycles. The standard InChI is InChI=1S/C20H27N5O/c1-2-7-18(17-8-4-3-5-9-17)23-19(26)16-24-12-14-25(15-13-24)20-21-10-6-11-22-20/h3-6,8-11,18H,2,7,12-16H2,1H3,(H,23,26)/t18-/m1/s1. The van der Waals surface area contributed by atoms with Gasteiger partial charge in [0.2, 0.25) is 11.9 Å². The smallest absolute Gasteiger partial charge is 0.234 e. The number of rotatable bonds is 7. The van der Waals surface area contributed by atoms with Gasteiger partial charge in [-0.15, -0.1) is 0 Å². The van der Waals surface area contributed by atoms with Crippen molar-refractivity contribution in [1.82, 2.24) is 20.2 Å². The molecule has 0 spiro atoms. The van der Waals surface area contributed by atoms with Crippen molar-refractivity contribution in [2.75, 3.05) is 37.6 Å². The molecule has 3 rings (SSSR count). The van der Waals surface area contributed by atoms with E-state index in [2.05, 4.69) is 44.1 Å². The third kappa shape index (κ3) is 5.02. The van der Waals surface area contributed by atoms with Crippen molar-refractivity contribution < 1.29 is 4.79 Å². The lowest BCUT2D eigenvalue weighted by Crippen LogP contribution is -2.50. The van der Waals surface area contributed by atoms with Crippen LogP contribution >= 0.6 is 0 Å². The number of hydrogen-bond acceptors (Lipinski definition) is 5. The molecule has 2 heterocycles. The minimum atomic E-state index is 0.0905. The number of anilines is 1. The normalized spacial score (nSPS) is 16.3. The van der Waals surface area contributed by atoms with Crippen LogP contribution in [0.5, 0.6) is 0 Å². The molecule has 1 aliphatic heterocycles. The van der Waals surface area contributed by atoms with Gasteiger partial charge < -0.3 is 10.2 Å². The van der Waals surface area contributed by atoms with Crippen molar-refractivity contribution in [2.24, 2.45) is 0 Å². The fourth-order valence-electron chi connectivity index (χ4n) is 3.30. The lowest BCUT2D eigenvalue weighted by molar-refractivity contribution is -0.123. The maximum atomic E-state index is 12.5. The van der Waals surface area contributed by atoms with E-state index < -0.39 is 0 Å². The Kier molecular flexibility index (Phi) is 6.55. The van der Waals surface area contributed by atoms with Gasteiger partial charge in [0, 0.05) is 38.6 Å². The van der Waals surface area contributed by atoms with Crippen molar-refractivity contribution >= 4 is 11.9 Å². The summed E-state index contributed by atoms with van der Waals surface area (Å²) in [5.74, 6) is 0.861. The SMILES string of the molecule is CCC[C@@H](NC(=O)CN1CCN(c2ncccn2)CC1)c1ccccc1. The molecule has 1 amide bonds. The van der Waals surface area contributed by atoms with Gasteiger partial charge in [0.25, 0.3) is 0 Å². The highest BCUT2D eigenvalue weighted by Gasteiger charge is 2.21. The Labute approximate surface area is 155 Å². The molecule has 0 aliphatic carbocycles. The van der Waals surface area contributed by atoms with Crippen LogP contribution in [0.4, 0.5) is 5.95 Å². The number of nitrogens with one attached hydrogen (secondary N) is 1. The average molecular weight is 353 g/mol. The largest absolute Gasteiger partial charge is 0.348 e. The van der Waals surface area contributed by atoms with Crippen molar-refractivity contribution in [1.29, 1.82) is 0 Å². The number of amides is 1. The van der Waals surface area contributed by atoms with E-state index in [1.165, 1.54) is 5.56 Å². The molecule has 26 heavy (non-hydrogen) atoms. The maximum absolute atomic E-state index is 12.5. The average Bonchev–Trinajstić information content (AvgIpc) is 2.69. The molecule has 6 heteroatoms. The van der Waals surface area contributed by atoms with Crippen molar-refractivity contribution in [3.63, 3.8) is 0 Å². The van der Waals surface area contributed by atoms with E-state index in [0.29, 0.717) is 6.54 Å². The number of aromatic nitrogens is 2. The zero-order valence-electron chi connectivity index (χ0n) is 15.3. The molecule has 0 bridgehead atoms.